The summed E-state index contributed by atoms with van der Waals surface area (Å²) in [5, 5.41) is 0. The number of hydrogen-bond acceptors (Lipinski definition) is 7. The van der Waals surface area contributed by atoms with Crippen LogP contribution in [-0.4, -0.2) is 90.8 Å². The molecule has 2 fully saturated rings. The molecule has 0 aromatic carbocycles. The smallest absolute Gasteiger partial charge is 0.239 e. The fourth-order valence-electron chi connectivity index (χ4n) is 3.23. The van der Waals surface area contributed by atoms with Crippen molar-refractivity contribution >= 4 is 11.9 Å². The Balaban J connectivity index is 1.54. The summed E-state index contributed by atoms with van der Waals surface area (Å²) < 4.78 is 10.8. The molecular weight excluding hydrogens is 322 g/mol. The molecule has 0 spiro atoms. The predicted molar refractivity (Wildman–Crippen MR) is 93.8 cm³/mol. The molecule has 3 heterocycles. The minimum Gasteiger partial charge on any atom is -0.478 e. The molecule has 0 saturated carbocycles. The van der Waals surface area contributed by atoms with E-state index in [4.69, 9.17) is 9.47 Å². The molecule has 8 heteroatoms. The molecule has 8 nitrogen and oxygen atoms in total. The van der Waals surface area contributed by atoms with Gasteiger partial charge in [0.1, 0.15) is 0 Å². The van der Waals surface area contributed by atoms with Crippen molar-refractivity contribution in [2.75, 3.05) is 64.0 Å². The van der Waals surface area contributed by atoms with E-state index < -0.39 is 0 Å². The Morgan fingerprint density at radius 3 is 2.64 bits per heavy atom. The summed E-state index contributed by atoms with van der Waals surface area (Å²) in [5.41, 5.74) is 0. The summed E-state index contributed by atoms with van der Waals surface area (Å²) in [6.07, 6.45) is 1.71. The van der Waals surface area contributed by atoms with Gasteiger partial charge in [0.2, 0.25) is 17.7 Å². The van der Waals surface area contributed by atoms with E-state index in [0.717, 1.165) is 26.2 Å². The number of aromatic nitrogens is 2. The van der Waals surface area contributed by atoms with Gasteiger partial charge in [0.25, 0.3) is 0 Å². The summed E-state index contributed by atoms with van der Waals surface area (Å²) in [6.45, 7) is 10.4. The molecule has 1 aromatic heterocycles. The quantitative estimate of drug-likeness (QED) is 0.754. The fraction of sp³-hybridized carbons (Fsp3) is 0.706. The predicted octanol–water partition coefficient (Wildman–Crippen LogP) is 0.245. The van der Waals surface area contributed by atoms with E-state index >= 15 is 0 Å². The molecule has 0 unspecified atom stereocenters. The molecule has 0 aliphatic carbocycles. The van der Waals surface area contributed by atoms with Crippen molar-refractivity contribution in [2.45, 2.75) is 19.9 Å². The van der Waals surface area contributed by atoms with E-state index in [-0.39, 0.29) is 11.9 Å². The Hall–Kier alpha value is -1.93. The standard InChI is InChI=1S/C17H27N5O3/c1-3-25-15-4-5-18-17(19-15)22-8-6-21(7-9-22)16(23)14(2)20-10-12-24-13-11-20/h4-5,14H,3,6-13H2,1-2H3/t14-/m0/s1. The van der Waals surface area contributed by atoms with Crippen LogP contribution in [0, 0.1) is 0 Å². The highest BCUT2D eigenvalue weighted by molar-refractivity contribution is 5.81. The number of morpholine rings is 1. The average molecular weight is 349 g/mol. The zero-order chi connectivity index (χ0) is 17.6. The lowest BCUT2D eigenvalue weighted by atomic mass is 10.2. The second kappa shape index (κ2) is 8.44. The molecular formula is C17H27N5O3. The topological polar surface area (TPSA) is 71.0 Å². The second-order valence-corrected chi connectivity index (χ2v) is 6.26. The number of carbonyl (C=O) groups is 1. The highest BCUT2D eigenvalue weighted by atomic mass is 16.5. The van der Waals surface area contributed by atoms with Gasteiger partial charge in [-0.3, -0.25) is 9.69 Å². The third-order valence-corrected chi connectivity index (χ3v) is 4.73. The lowest BCUT2D eigenvalue weighted by molar-refractivity contribution is -0.138. The molecule has 0 radical (unpaired) electrons. The van der Waals surface area contributed by atoms with E-state index in [2.05, 4.69) is 19.8 Å². The van der Waals surface area contributed by atoms with Crippen molar-refractivity contribution in [3.8, 4) is 5.88 Å². The normalized spacial score (nSPS) is 20.4. The monoisotopic (exact) mass is 349 g/mol. The van der Waals surface area contributed by atoms with Gasteiger partial charge in [-0.15, -0.1) is 0 Å². The second-order valence-electron chi connectivity index (χ2n) is 6.26. The van der Waals surface area contributed by atoms with E-state index in [1.807, 2.05) is 18.7 Å². The number of piperazine rings is 1. The Morgan fingerprint density at radius 1 is 1.24 bits per heavy atom. The van der Waals surface area contributed by atoms with Gasteiger partial charge in [-0.25, -0.2) is 4.98 Å². The van der Waals surface area contributed by atoms with Gasteiger partial charge >= 0.3 is 0 Å². The van der Waals surface area contributed by atoms with Gasteiger partial charge in [-0.05, 0) is 13.8 Å². The molecule has 138 valence electrons. The third-order valence-electron chi connectivity index (χ3n) is 4.73. The van der Waals surface area contributed by atoms with Crippen molar-refractivity contribution in [1.29, 1.82) is 0 Å². The number of carbonyl (C=O) groups excluding carboxylic acids is 1. The summed E-state index contributed by atoms with van der Waals surface area (Å²) in [4.78, 5) is 27.8. The lowest BCUT2D eigenvalue weighted by Gasteiger charge is -2.39. The zero-order valence-corrected chi connectivity index (χ0v) is 15.1. The number of hydrogen-bond donors (Lipinski definition) is 0. The maximum atomic E-state index is 12.8. The van der Waals surface area contributed by atoms with Crippen LogP contribution in [0.3, 0.4) is 0 Å². The van der Waals surface area contributed by atoms with Crippen LogP contribution < -0.4 is 9.64 Å². The van der Waals surface area contributed by atoms with Crippen LogP contribution in [0.1, 0.15) is 13.8 Å². The van der Waals surface area contributed by atoms with Gasteiger partial charge < -0.3 is 19.3 Å². The van der Waals surface area contributed by atoms with Crippen molar-refractivity contribution in [2.24, 2.45) is 0 Å². The molecule has 1 atom stereocenters. The molecule has 3 rings (SSSR count). The molecule has 0 bridgehead atoms. The molecule has 25 heavy (non-hydrogen) atoms. The first-order valence-corrected chi connectivity index (χ1v) is 9.00. The van der Waals surface area contributed by atoms with Gasteiger partial charge in [0.15, 0.2) is 0 Å². The van der Waals surface area contributed by atoms with E-state index in [9.17, 15) is 4.79 Å². The molecule has 0 N–H and O–H groups in total. The van der Waals surface area contributed by atoms with Crippen molar-refractivity contribution in [3.05, 3.63) is 12.3 Å². The number of ether oxygens (including phenoxy) is 2. The minimum atomic E-state index is -0.0898. The van der Waals surface area contributed by atoms with Crippen LogP contribution in [0.5, 0.6) is 5.88 Å². The van der Waals surface area contributed by atoms with Crippen LogP contribution in [0.15, 0.2) is 12.3 Å². The lowest BCUT2D eigenvalue weighted by Crippen LogP contribution is -2.56. The highest BCUT2D eigenvalue weighted by Gasteiger charge is 2.29. The van der Waals surface area contributed by atoms with Crippen LogP contribution in [-0.2, 0) is 9.53 Å². The van der Waals surface area contributed by atoms with Crippen LogP contribution in [0.4, 0.5) is 5.95 Å². The maximum Gasteiger partial charge on any atom is 0.239 e. The molecule has 2 aliphatic heterocycles. The van der Waals surface area contributed by atoms with Crippen LogP contribution in [0.25, 0.3) is 0 Å². The molecule has 2 saturated heterocycles. The summed E-state index contributed by atoms with van der Waals surface area (Å²) in [5.74, 6) is 1.46. The Kier molecular flexibility index (Phi) is 6.04. The fourth-order valence-corrected chi connectivity index (χ4v) is 3.23. The minimum absolute atomic E-state index is 0.0898. The van der Waals surface area contributed by atoms with Gasteiger partial charge in [-0.1, -0.05) is 0 Å². The maximum absolute atomic E-state index is 12.8. The number of anilines is 1. The van der Waals surface area contributed by atoms with Gasteiger partial charge in [0, 0.05) is 51.5 Å². The Labute approximate surface area is 148 Å². The van der Waals surface area contributed by atoms with Crippen molar-refractivity contribution < 1.29 is 14.3 Å². The summed E-state index contributed by atoms with van der Waals surface area (Å²) >= 11 is 0. The first kappa shape index (κ1) is 17.9. The van der Waals surface area contributed by atoms with Crippen molar-refractivity contribution in [3.63, 3.8) is 0 Å². The SMILES string of the molecule is CCOc1ccnc(N2CCN(C(=O)[C@H](C)N3CCOCC3)CC2)n1. The number of amides is 1. The first-order chi connectivity index (χ1) is 12.2. The van der Waals surface area contributed by atoms with Gasteiger partial charge in [-0.2, -0.15) is 4.98 Å². The van der Waals surface area contributed by atoms with Crippen LogP contribution >= 0.6 is 0 Å². The van der Waals surface area contributed by atoms with E-state index in [0.29, 0.717) is 44.7 Å². The number of rotatable bonds is 5. The Morgan fingerprint density at radius 2 is 1.96 bits per heavy atom. The molecule has 2 aliphatic rings. The van der Waals surface area contributed by atoms with Gasteiger partial charge in [0.05, 0.1) is 25.9 Å². The molecule has 1 amide bonds. The molecule has 1 aromatic rings. The Bertz CT molecular complexity index is 571. The third kappa shape index (κ3) is 4.38. The number of nitrogens with zero attached hydrogens (tertiary/aromatic N) is 5. The zero-order valence-electron chi connectivity index (χ0n) is 15.1. The average Bonchev–Trinajstić information content (AvgIpc) is 2.68. The summed E-state index contributed by atoms with van der Waals surface area (Å²) in [7, 11) is 0. The largest absolute Gasteiger partial charge is 0.478 e. The van der Waals surface area contributed by atoms with E-state index in [1.165, 1.54) is 0 Å². The van der Waals surface area contributed by atoms with E-state index in [1.54, 1.807) is 12.3 Å². The van der Waals surface area contributed by atoms with Crippen LogP contribution in [0.2, 0.25) is 0 Å². The summed E-state index contributed by atoms with van der Waals surface area (Å²) in [6, 6.07) is 1.67. The first-order valence-electron chi connectivity index (χ1n) is 9.00. The highest BCUT2D eigenvalue weighted by Crippen LogP contribution is 2.16. The van der Waals surface area contributed by atoms with Crippen molar-refractivity contribution in [1.82, 2.24) is 19.8 Å².